The Bertz CT molecular complexity index is 619. The van der Waals surface area contributed by atoms with E-state index in [4.69, 9.17) is 35.4 Å². The van der Waals surface area contributed by atoms with Crippen molar-refractivity contribution < 1.29 is 14.8 Å². The number of hydrogen-bond acceptors (Lipinski definition) is 4. The summed E-state index contributed by atoms with van der Waals surface area (Å²) in [6, 6.07) is 6.87. The van der Waals surface area contributed by atoms with E-state index in [1.165, 1.54) is 11.8 Å². The van der Waals surface area contributed by atoms with E-state index < -0.39 is 0 Å². The third-order valence-corrected chi connectivity index (χ3v) is 5.13. The van der Waals surface area contributed by atoms with Gasteiger partial charge in [-0.2, -0.15) is 0 Å². The van der Waals surface area contributed by atoms with Crippen molar-refractivity contribution in [2.45, 2.75) is 0 Å². The standard InChI is InChI=1S/C15H16Cl2N2O2S2/c16-5-7-18(8-6-17)10-19-14(21)13(23-15(19)22)9-11-3-1-2-4-12(11)20/h1-4,9,20H,5-8,10H2/p+1/b13-9-. The molecule has 1 fully saturated rings. The molecule has 124 valence electrons. The van der Waals surface area contributed by atoms with Gasteiger partial charge in [0.2, 0.25) is 0 Å². The molecule has 0 bridgehead atoms. The minimum atomic E-state index is -0.148. The van der Waals surface area contributed by atoms with Gasteiger partial charge in [0, 0.05) is 5.56 Å². The summed E-state index contributed by atoms with van der Waals surface area (Å²) in [5, 5.41) is 9.83. The molecule has 0 saturated carbocycles. The number of thiocarbonyl (C=S) groups is 1. The maximum Gasteiger partial charge on any atom is 0.270 e. The number of alkyl halides is 2. The number of carbonyl (C=O) groups is 1. The molecule has 2 N–H and O–H groups in total. The van der Waals surface area contributed by atoms with Gasteiger partial charge in [-0.15, -0.1) is 23.2 Å². The van der Waals surface area contributed by atoms with Gasteiger partial charge in [0.25, 0.3) is 5.91 Å². The van der Waals surface area contributed by atoms with E-state index in [1.807, 2.05) is 0 Å². The first-order valence-electron chi connectivity index (χ1n) is 7.05. The van der Waals surface area contributed by atoms with Crippen LogP contribution in [0.4, 0.5) is 0 Å². The predicted octanol–water partition coefficient (Wildman–Crippen LogP) is 1.91. The Hall–Kier alpha value is -0.790. The van der Waals surface area contributed by atoms with Gasteiger partial charge < -0.3 is 10.0 Å². The van der Waals surface area contributed by atoms with Crippen LogP contribution in [0.2, 0.25) is 0 Å². The molecule has 4 nitrogen and oxygen atoms in total. The summed E-state index contributed by atoms with van der Waals surface area (Å²) in [5.74, 6) is 0.975. The molecular formula is C15H17Cl2N2O2S2+. The van der Waals surface area contributed by atoms with Gasteiger partial charge in [-0.25, -0.2) is 4.90 Å². The number of phenols is 1. The molecular weight excluding hydrogens is 375 g/mol. The molecule has 1 aliphatic heterocycles. The van der Waals surface area contributed by atoms with Crippen molar-refractivity contribution in [1.82, 2.24) is 4.90 Å². The average Bonchev–Trinajstić information content (AvgIpc) is 2.78. The topological polar surface area (TPSA) is 45.0 Å². The summed E-state index contributed by atoms with van der Waals surface area (Å²) in [6.45, 7) is 1.87. The monoisotopic (exact) mass is 391 g/mol. The van der Waals surface area contributed by atoms with Gasteiger partial charge in [0.05, 0.1) is 29.8 Å². The maximum absolute atomic E-state index is 12.6. The van der Waals surface area contributed by atoms with Gasteiger partial charge in [0.15, 0.2) is 11.0 Å². The summed E-state index contributed by atoms with van der Waals surface area (Å²) < 4.78 is 0.512. The molecule has 0 spiro atoms. The zero-order valence-corrected chi connectivity index (χ0v) is 15.4. The van der Waals surface area contributed by atoms with Gasteiger partial charge in [-0.1, -0.05) is 42.2 Å². The summed E-state index contributed by atoms with van der Waals surface area (Å²) in [7, 11) is 0. The van der Waals surface area contributed by atoms with E-state index in [1.54, 1.807) is 35.2 Å². The van der Waals surface area contributed by atoms with Crippen molar-refractivity contribution in [3.05, 3.63) is 34.7 Å². The third-order valence-electron chi connectivity index (χ3n) is 3.37. The number of phenolic OH excluding ortho intramolecular Hbond substituents is 1. The highest BCUT2D eigenvalue weighted by molar-refractivity contribution is 8.26. The molecule has 1 aliphatic rings. The predicted molar refractivity (Wildman–Crippen MR) is 100 cm³/mol. The maximum atomic E-state index is 12.6. The number of nitrogens with zero attached hydrogens (tertiary/aromatic N) is 1. The van der Waals surface area contributed by atoms with Crippen LogP contribution in [0.5, 0.6) is 5.75 Å². The molecule has 1 aromatic rings. The third kappa shape index (κ3) is 4.84. The van der Waals surface area contributed by atoms with Crippen LogP contribution < -0.4 is 4.90 Å². The first kappa shape index (κ1) is 18.5. The molecule has 0 aromatic heterocycles. The Morgan fingerprint density at radius 1 is 1.26 bits per heavy atom. The van der Waals surface area contributed by atoms with Crippen molar-refractivity contribution >= 4 is 63.5 Å². The minimum absolute atomic E-state index is 0.134. The molecule has 2 rings (SSSR count). The number of halogens is 2. The Morgan fingerprint density at radius 3 is 2.52 bits per heavy atom. The molecule has 8 heteroatoms. The first-order valence-corrected chi connectivity index (χ1v) is 9.35. The van der Waals surface area contributed by atoms with Crippen LogP contribution in [-0.4, -0.2) is 51.8 Å². The Morgan fingerprint density at radius 2 is 1.91 bits per heavy atom. The van der Waals surface area contributed by atoms with Crippen LogP contribution in [-0.2, 0) is 4.79 Å². The number of aromatic hydroxyl groups is 1. The molecule has 0 unspecified atom stereocenters. The van der Waals surface area contributed by atoms with Crippen molar-refractivity contribution in [1.29, 1.82) is 0 Å². The second-order valence-electron chi connectivity index (χ2n) is 4.95. The number of rotatable bonds is 7. The van der Waals surface area contributed by atoms with E-state index in [0.29, 0.717) is 46.3 Å². The molecule has 1 saturated heterocycles. The zero-order chi connectivity index (χ0) is 16.8. The number of quaternary nitrogens is 1. The Kier molecular flexibility index (Phi) is 7.17. The summed E-state index contributed by atoms with van der Waals surface area (Å²) >= 11 is 18.2. The van der Waals surface area contributed by atoms with E-state index in [9.17, 15) is 9.90 Å². The number of thioether (sulfide) groups is 1. The lowest BCUT2D eigenvalue weighted by molar-refractivity contribution is -0.902. The molecule has 1 amide bonds. The van der Waals surface area contributed by atoms with Crippen molar-refractivity contribution in [2.75, 3.05) is 31.5 Å². The van der Waals surface area contributed by atoms with Gasteiger partial charge in [0.1, 0.15) is 5.75 Å². The molecule has 0 aliphatic carbocycles. The zero-order valence-electron chi connectivity index (χ0n) is 12.3. The molecule has 1 aromatic carbocycles. The SMILES string of the molecule is O=C1/C(=C/c2ccccc2O)SC(=S)N1C[NH+](CCCl)CCCl. The Labute approximate surface area is 155 Å². The lowest BCUT2D eigenvalue weighted by atomic mass is 10.2. The fourth-order valence-corrected chi connectivity index (χ4v) is 3.94. The normalized spacial score (nSPS) is 16.8. The smallest absolute Gasteiger partial charge is 0.270 e. The van der Waals surface area contributed by atoms with Gasteiger partial charge in [-0.3, -0.25) is 4.79 Å². The quantitative estimate of drug-likeness (QED) is 0.423. The van der Waals surface area contributed by atoms with Crippen molar-refractivity contribution in [3.8, 4) is 5.75 Å². The van der Waals surface area contributed by atoms with E-state index in [0.717, 1.165) is 4.90 Å². The number of carbonyl (C=O) groups excluding carboxylic acids is 1. The lowest BCUT2D eigenvalue weighted by Crippen LogP contribution is -3.14. The van der Waals surface area contributed by atoms with Gasteiger partial charge in [-0.05, 0) is 12.1 Å². The molecule has 23 heavy (non-hydrogen) atoms. The molecule has 0 atom stereocenters. The highest BCUT2D eigenvalue weighted by atomic mass is 35.5. The number of para-hydroxylation sites is 1. The molecule has 0 radical (unpaired) electrons. The second kappa shape index (κ2) is 8.89. The van der Waals surface area contributed by atoms with Crippen LogP contribution >= 0.6 is 47.2 Å². The highest BCUT2D eigenvalue weighted by Crippen LogP contribution is 2.33. The summed E-state index contributed by atoms with van der Waals surface area (Å²) in [4.78, 5) is 15.7. The van der Waals surface area contributed by atoms with Crippen LogP contribution in [0, 0.1) is 0 Å². The van der Waals surface area contributed by atoms with Crippen LogP contribution in [0.1, 0.15) is 5.56 Å². The fraction of sp³-hybridized carbons (Fsp3) is 0.333. The van der Waals surface area contributed by atoms with Crippen LogP contribution in [0.3, 0.4) is 0 Å². The number of hydrogen-bond donors (Lipinski definition) is 2. The van der Waals surface area contributed by atoms with Crippen molar-refractivity contribution in [3.63, 3.8) is 0 Å². The Balaban J connectivity index is 2.15. The average molecular weight is 392 g/mol. The fourth-order valence-electron chi connectivity index (χ4n) is 2.16. The van der Waals surface area contributed by atoms with Crippen molar-refractivity contribution in [2.24, 2.45) is 0 Å². The van der Waals surface area contributed by atoms with Crippen LogP contribution in [0.25, 0.3) is 6.08 Å². The van der Waals surface area contributed by atoms with E-state index >= 15 is 0 Å². The highest BCUT2D eigenvalue weighted by Gasteiger charge is 2.34. The van der Waals surface area contributed by atoms with Gasteiger partial charge >= 0.3 is 0 Å². The summed E-state index contributed by atoms with van der Waals surface area (Å²) in [5.41, 5.74) is 0.596. The van der Waals surface area contributed by atoms with E-state index in [-0.39, 0.29) is 11.7 Å². The lowest BCUT2D eigenvalue weighted by Gasteiger charge is -2.22. The number of nitrogens with one attached hydrogen (secondary N) is 1. The number of benzene rings is 1. The molecule has 1 heterocycles. The minimum Gasteiger partial charge on any atom is -0.507 e. The van der Waals surface area contributed by atoms with E-state index in [2.05, 4.69) is 0 Å². The number of amides is 1. The van der Waals surface area contributed by atoms with Crippen LogP contribution in [0.15, 0.2) is 29.2 Å². The first-order chi connectivity index (χ1) is 11.1. The second-order valence-corrected chi connectivity index (χ2v) is 7.39. The largest absolute Gasteiger partial charge is 0.507 e. The summed E-state index contributed by atoms with van der Waals surface area (Å²) in [6.07, 6.45) is 1.66.